The summed E-state index contributed by atoms with van der Waals surface area (Å²) in [6.45, 7) is 16.2. The molecule has 0 aromatic rings. The highest BCUT2D eigenvalue weighted by atomic mass is 16.6. The lowest BCUT2D eigenvalue weighted by Crippen LogP contribution is -2.48. The van der Waals surface area contributed by atoms with Crippen molar-refractivity contribution in [1.29, 1.82) is 0 Å². The summed E-state index contributed by atoms with van der Waals surface area (Å²) in [4.78, 5) is 71.6. The molecule has 39 heavy (non-hydrogen) atoms. The second-order valence-corrected chi connectivity index (χ2v) is 7.90. The van der Waals surface area contributed by atoms with Crippen LogP contribution in [0, 0.1) is 10.8 Å². The van der Waals surface area contributed by atoms with Crippen LogP contribution in [0.25, 0.3) is 0 Å². The minimum absolute atomic E-state index is 0.455. The Balaban J connectivity index is 6.25. The van der Waals surface area contributed by atoms with Gasteiger partial charge in [0, 0.05) is 30.4 Å². The van der Waals surface area contributed by atoms with Crippen molar-refractivity contribution in [2.75, 3.05) is 46.2 Å². The first-order valence-electron chi connectivity index (χ1n) is 11.2. The fourth-order valence-corrected chi connectivity index (χ4v) is 2.65. The molecule has 0 aromatic heterocycles. The molecule has 12 heteroatoms. The van der Waals surface area contributed by atoms with Crippen LogP contribution in [-0.4, -0.2) is 81.9 Å². The van der Waals surface area contributed by atoms with Crippen LogP contribution in [0.4, 0.5) is 0 Å². The number of allylic oxidation sites excluding steroid dienone is 1. The van der Waals surface area contributed by atoms with E-state index >= 15 is 0 Å². The average Bonchev–Trinajstić information content (AvgIpc) is 2.96. The lowest BCUT2D eigenvalue weighted by atomic mass is 9.85. The van der Waals surface area contributed by atoms with Gasteiger partial charge in [-0.2, -0.15) is 0 Å². The highest BCUT2D eigenvalue weighted by Crippen LogP contribution is 2.26. The van der Waals surface area contributed by atoms with Gasteiger partial charge in [0.25, 0.3) is 0 Å². The number of hydrogen-bond donors (Lipinski definition) is 0. The Morgan fingerprint density at radius 2 is 0.744 bits per heavy atom. The van der Waals surface area contributed by atoms with E-state index in [2.05, 4.69) is 39.5 Å². The minimum Gasteiger partial charge on any atom is -0.462 e. The molecule has 212 valence electrons. The number of rotatable bonds is 21. The Morgan fingerprint density at radius 1 is 0.436 bits per heavy atom. The van der Waals surface area contributed by atoms with Gasteiger partial charge in [0.1, 0.15) is 38.4 Å². The minimum atomic E-state index is -1.78. The molecule has 0 bridgehead atoms. The number of esters is 5. The molecule has 0 aliphatic heterocycles. The zero-order chi connectivity index (χ0) is 29.9. The molecule has 0 aliphatic carbocycles. The van der Waals surface area contributed by atoms with Crippen LogP contribution in [-0.2, 0) is 57.2 Å². The molecule has 0 N–H and O–H groups in total. The molecule has 12 nitrogen and oxygen atoms in total. The van der Waals surface area contributed by atoms with E-state index in [0.29, 0.717) is 0 Å². The van der Waals surface area contributed by atoms with E-state index in [9.17, 15) is 28.8 Å². The van der Waals surface area contributed by atoms with Gasteiger partial charge in [0.05, 0.1) is 18.6 Å². The van der Waals surface area contributed by atoms with Crippen LogP contribution in [0.3, 0.4) is 0 Å². The van der Waals surface area contributed by atoms with Crippen molar-refractivity contribution in [2.24, 2.45) is 10.8 Å². The Hall–Kier alpha value is -4.58. The maximum atomic E-state index is 12.9. The third-order valence-electron chi connectivity index (χ3n) is 4.87. The maximum absolute atomic E-state index is 12.9. The monoisotopic (exact) mass is 548 g/mol. The molecule has 0 rings (SSSR count). The van der Waals surface area contributed by atoms with Crippen LogP contribution >= 0.6 is 0 Å². The standard InChI is InChI=1S/C27H32O12/c1-7-20(28)27(18-38-24(32)11-5,19-39-25(33)12-6)17-34-13-26(14-35-21(29)8-2,15-36-22(30)9-3)16-37-23(31)10-4/h7-12H,1-6,13-19H2. The maximum Gasteiger partial charge on any atom is 0.330 e. The number of carbonyl (C=O) groups is 6. The van der Waals surface area contributed by atoms with E-state index in [4.69, 9.17) is 28.4 Å². The summed E-state index contributed by atoms with van der Waals surface area (Å²) < 4.78 is 31.2. The topological polar surface area (TPSA) is 158 Å². The third-order valence-corrected chi connectivity index (χ3v) is 4.87. The molecule has 0 aromatic carbocycles. The van der Waals surface area contributed by atoms with Gasteiger partial charge in [-0.25, -0.2) is 24.0 Å². The summed E-state index contributed by atoms with van der Waals surface area (Å²) in [7, 11) is 0. The lowest BCUT2D eigenvalue weighted by Gasteiger charge is -2.34. The molecular weight excluding hydrogens is 516 g/mol. The molecule has 0 aliphatic rings. The first kappa shape index (κ1) is 34.4. The molecule has 0 saturated carbocycles. The zero-order valence-corrected chi connectivity index (χ0v) is 21.6. The predicted octanol–water partition coefficient (Wildman–Crippen LogP) is 1.38. The molecule has 0 atom stereocenters. The zero-order valence-electron chi connectivity index (χ0n) is 21.6. The Kier molecular flexibility index (Phi) is 15.7. The van der Waals surface area contributed by atoms with Crippen LogP contribution in [0.5, 0.6) is 0 Å². The fourth-order valence-electron chi connectivity index (χ4n) is 2.65. The SMILES string of the molecule is C=CC(=O)OCC(COCC(COC(=O)C=C)(COC(=O)C=C)C(=O)C=C)(COC(=O)C=C)COC(=O)C=C. The molecule has 0 amide bonds. The van der Waals surface area contributed by atoms with Gasteiger partial charge in [-0.3, -0.25) is 4.79 Å². The first-order chi connectivity index (χ1) is 18.5. The predicted molar refractivity (Wildman–Crippen MR) is 137 cm³/mol. The van der Waals surface area contributed by atoms with Crippen molar-refractivity contribution in [1.82, 2.24) is 0 Å². The van der Waals surface area contributed by atoms with E-state index in [-0.39, 0.29) is 0 Å². The van der Waals surface area contributed by atoms with E-state index < -0.39 is 92.7 Å². The first-order valence-corrected chi connectivity index (χ1v) is 11.2. The molecule has 0 fully saturated rings. The van der Waals surface area contributed by atoms with Crippen molar-refractivity contribution in [3.63, 3.8) is 0 Å². The molecule has 0 saturated heterocycles. The van der Waals surface area contributed by atoms with Crippen molar-refractivity contribution in [2.45, 2.75) is 0 Å². The van der Waals surface area contributed by atoms with Crippen LogP contribution in [0.1, 0.15) is 0 Å². The summed E-state index contributed by atoms with van der Waals surface area (Å²) in [5, 5.41) is 0. The number of hydrogen-bond acceptors (Lipinski definition) is 12. The van der Waals surface area contributed by atoms with Crippen molar-refractivity contribution >= 4 is 35.6 Å². The van der Waals surface area contributed by atoms with Crippen LogP contribution in [0.15, 0.2) is 75.9 Å². The lowest BCUT2D eigenvalue weighted by molar-refractivity contribution is -0.166. The van der Waals surface area contributed by atoms with Gasteiger partial charge in [0.15, 0.2) is 5.78 Å². The Morgan fingerprint density at radius 3 is 1.03 bits per heavy atom. The number of ether oxygens (including phenoxy) is 6. The van der Waals surface area contributed by atoms with E-state index in [1.807, 2.05) is 0 Å². The highest BCUT2D eigenvalue weighted by molar-refractivity contribution is 5.95. The summed E-state index contributed by atoms with van der Waals surface area (Å²) in [6.07, 6.45) is 5.29. The largest absolute Gasteiger partial charge is 0.462 e. The highest BCUT2D eigenvalue weighted by Gasteiger charge is 2.42. The van der Waals surface area contributed by atoms with Gasteiger partial charge in [-0.1, -0.05) is 39.5 Å². The van der Waals surface area contributed by atoms with Crippen LogP contribution in [0.2, 0.25) is 0 Å². The molecule has 0 heterocycles. The number of carbonyl (C=O) groups excluding carboxylic acids is 6. The van der Waals surface area contributed by atoms with Crippen molar-refractivity contribution < 1.29 is 57.2 Å². The van der Waals surface area contributed by atoms with E-state index in [0.717, 1.165) is 36.5 Å². The number of ketones is 1. The Labute approximate surface area is 226 Å². The van der Waals surface area contributed by atoms with Gasteiger partial charge in [0.2, 0.25) is 0 Å². The van der Waals surface area contributed by atoms with Crippen molar-refractivity contribution in [3.05, 3.63) is 75.9 Å². The van der Waals surface area contributed by atoms with Crippen molar-refractivity contribution in [3.8, 4) is 0 Å². The summed E-state index contributed by atoms with van der Waals surface area (Å²) in [5.74, 6) is -4.97. The average molecular weight is 549 g/mol. The molecule has 0 radical (unpaired) electrons. The summed E-state index contributed by atoms with van der Waals surface area (Å²) in [6, 6.07) is 0. The quantitative estimate of drug-likeness (QED) is 0.115. The fraction of sp³-hybridized carbons (Fsp3) is 0.333. The van der Waals surface area contributed by atoms with Crippen LogP contribution < -0.4 is 0 Å². The summed E-state index contributed by atoms with van der Waals surface area (Å²) in [5.41, 5.74) is -3.28. The second kappa shape index (κ2) is 17.8. The van der Waals surface area contributed by atoms with Gasteiger partial charge >= 0.3 is 29.8 Å². The third kappa shape index (κ3) is 12.5. The molecular formula is C27H32O12. The Bertz CT molecular complexity index is 907. The summed E-state index contributed by atoms with van der Waals surface area (Å²) >= 11 is 0. The smallest absolute Gasteiger partial charge is 0.330 e. The normalized spacial score (nSPS) is 10.6. The molecule has 0 spiro atoms. The van der Waals surface area contributed by atoms with E-state index in [1.165, 1.54) is 0 Å². The molecule has 0 unspecified atom stereocenters. The van der Waals surface area contributed by atoms with Gasteiger partial charge in [-0.15, -0.1) is 0 Å². The van der Waals surface area contributed by atoms with Gasteiger partial charge < -0.3 is 28.4 Å². The van der Waals surface area contributed by atoms with Gasteiger partial charge in [-0.05, 0) is 6.08 Å². The van der Waals surface area contributed by atoms with E-state index in [1.54, 1.807) is 0 Å². The second-order valence-electron chi connectivity index (χ2n) is 7.90.